The lowest BCUT2D eigenvalue weighted by atomic mass is 9.91. The van der Waals surface area contributed by atoms with Crippen LogP contribution in [-0.2, 0) is 9.59 Å². The first kappa shape index (κ1) is 22.2. The van der Waals surface area contributed by atoms with Crippen LogP contribution in [0.3, 0.4) is 0 Å². The Morgan fingerprint density at radius 2 is 1.24 bits per heavy atom. The molecule has 2 aliphatic heterocycles. The second kappa shape index (κ2) is 8.89. The van der Waals surface area contributed by atoms with Gasteiger partial charge in [-0.05, 0) is 13.8 Å². The first-order valence-corrected chi connectivity index (χ1v) is 12.5. The van der Waals surface area contributed by atoms with Gasteiger partial charge in [-0.15, -0.1) is 43.0 Å². The monoisotopic (exact) mass is 480 g/mol. The molecule has 2 heterocycles. The van der Waals surface area contributed by atoms with E-state index in [2.05, 4.69) is 11.7 Å². The number of halogens is 1. The van der Waals surface area contributed by atoms with E-state index in [9.17, 15) is 9.59 Å². The minimum Gasteiger partial charge on any atom is -0.299 e. The maximum absolute atomic E-state index is 11.2. The van der Waals surface area contributed by atoms with E-state index in [1.165, 1.54) is 0 Å². The van der Waals surface area contributed by atoms with Crippen LogP contribution in [-0.4, -0.2) is 46.3 Å². The van der Waals surface area contributed by atoms with E-state index in [-0.39, 0.29) is 53.8 Å². The van der Waals surface area contributed by atoms with Gasteiger partial charge in [0.2, 0.25) is 0 Å². The molecular formula is C14H25IO2S4. The van der Waals surface area contributed by atoms with Crippen molar-refractivity contribution in [2.75, 3.05) is 23.0 Å². The van der Waals surface area contributed by atoms with Crippen molar-refractivity contribution in [2.24, 2.45) is 10.8 Å². The summed E-state index contributed by atoms with van der Waals surface area (Å²) < 4.78 is 0. The minimum atomic E-state index is -0.101. The van der Waals surface area contributed by atoms with Crippen molar-refractivity contribution in [1.82, 2.24) is 0 Å². The van der Waals surface area contributed by atoms with Crippen LogP contribution in [0, 0.1) is 10.8 Å². The Hall–Kier alpha value is 1.21. The number of hydrogen-bond acceptors (Lipinski definition) is 4. The fourth-order valence-corrected chi connectivity index (χ4v) is 10.3. The first-order chi connectivity index (χ1) is 9.11. The largest absolute Gasteiger partial charge is 0.299 e. The van der Waals surface area contributed by atoms with Gasteiger partial charge in [0, 0.05) is 33.8 Å². The van der Waals surface area contributed by atoms with Gasteiger partial charge in [-0.1, -0.05) is 47.2 Å². The molecule has 0 aromatic rings. The smallest absolute Gasteiger partial charge is 0.137 e. The maximum Gasteiger partial charge on any atom is 0.137 e. The number of rotatable bonds is 2. The summed E-state index contributed by atoms with van der Waals surface area (Å²) in [5.41, 5.74) is -0.120. The molecule has 2 nitrogen and oxygen atoms in total. The Morgan fingerprint density at radius 1 is 0.905 bits per heavy atom. The van der Waals surface area contributed by atoms with E-state index in [4.69, 9.17) is 0 Å². The van der Waals surface area contributed by atoms with Gasteiger partial charge in [-0.25, -0.2) is 0 Å². The van der Waals surface area contributed by atoms with Crippen LogP contribution in [0.15, 0.2) is 0 Å². The number of carbonyl (C=O) groups is 2. The van der Waals surface area contributed by atoms with E-state index in [0.717, 1.165) is 23.0 Å². The maximum atomic E-state index is 11.2. The summed E-state index contributed by atoms with van der Waals surface area (Å²) in [5.74, 6) is 12.6. The van der Waals surface area contributed by atoms with Gasteiger partial charge in [0.05, 0.1) is 0 Å². The van der Waals surface area contributed by atoms with E-state index in [1.54, 1.807) is 35.4 Å². The normalized spacial score (nSPS) is 33.5. The zero-order valence-electron chi connectivity index (χ0n) is 13.1. The fraction of sp³-hybridized carbons (Fsp3) is 0.714. The van der Waals surface area contributed by atoms with E-state index >= 15 is 0 Å². The number of ketones is 2. The second-order valence-corrected chi connectivity index (χ2v) is 13.6. The van der Waals surface area contributed by atoms with Gasteiger partial charge in [0.1, 0.15) is 11.6 Å². The van der Waals surface area contributed by atoms with Crippen LogP contribution in [0.1, 0.15) is 27.7 Å². The summed E-state index contributed by atoms with van der Waals surface area (Å²) in [6.07, 6.45) is 0. The summed E-state index contributed by atoms with van der Waals surface area (Å²) in [6, 6.07) is 0. The van der Waals surface area contributed by atoms with Crippen LogP contribution in [0.5, 0.6) is 0 Å². The third-order valence-electron chi connectivity index (χ3n) is 3.83. The van der Waals surface area contributed by atoms with Crippen LogP contribution >= 0.6 is 64.6 Å². The molecule has 21 heavy (non-hydrogen) atoms. The highest BCUT2D eigenvalue weighted by Gasteiger charge is 2.36. The molecule has 0 N–H and O–H groups in total. The zero-order valence-corrected chi connectivity index (χ0v) is 18.7. The third-order valence-corrected chi connectivity index (χ3v) is 12.0. The first-order valence-electron chi connectivity index (χ1n) is 6.39. The Labute approximate surface area is 158 Å². The van der Waals surface area contributed by atoms with Crippen molar-refractivity contribution in [2.45, 2.75) is 27.7 Å². The molecule has 0 amide bonds. The molecule has 2 fully saturated rings. The average Bonchev–Trinajstić information content (AvgIpc) is 2.87. The Morgan fingerprint density at radius 3 is 1.43 bits per heavy atom. The molecule has 2 unspecified atom stereocenters. The molecule has 2 rings (SSSR count). The number of carbonyl (C=O) groups excluding carboxylic acids is 2. The zero-order chi connectivity index (χ0) is 15.6. The van der Waals surface area contributed by atoms with Gasteiger partial charge < -0.3 is 0 Å². The van der Waals surface area contributed by atoms with Crippen molar-refractivity contribution in [1.29, 1.82) is 0 Å². The number of hydrogen-bond donors (Lipinski definition) is 0. The van der Waals surface area contributed by atoms with E-state index in [1.807, 2.05) is 13.8 Å². The quantitative estimate of drug-likeness (QED) is 0.331. The topological polar surface area (TPSA) is 34.1 Å². The molecule has 0 saturated carbocycles. The summed E-state index contributed by atoms with van der Waals surface area (Å²) >= 11 is 0. The highest BCUT2D eigenvalue weighted by Crippen LogP contribution is 2.51. The summed E-state index contributed by atoms with van der Waals surface area (Å²) in [7, 11) is 3.89. The lowest BCUT2D eigenvalue weighted by Crippen LogP contribution is -2.27. The fourth-order valence-electron chi connectivity index (χ4n) is 1.71. The standard InChI is InChI=1S/C8H14OS2.C6H10OS2.HI/c1-7(9)8(2)5-10(3)11(4)6-8;1-5(7)6(2)3-8-9-4-6;/h3-6H2,1-2H3;3-4H2,1-2H3;1H. The summed E-state index contributed by atoms with van der Waals surface area (Å²) in [6.45, 7) is 7.45. The molecule has 0 aromatic heterocycles. The molecule has 0 aliphatic carbocycles. The van der Waals surface area contributed by atoms with Gasteiger partial charge in [0.15, 0.2) is 0 Å². The molecule has 0 bridgehead atoms. The van der Waals surface area contributed by atoms with E-state index < -0.39 is 0 Å². The highest BCUT2D eigenvalue weighted by atomic mass is 127. The predicted molar refractivity (Wildman–Crippen MR) is 117 cm³/mol. The van der Waals surface area contributed by atoms with Crippen molar-refractivity contribution >= 4 is 87.9 Å². The Kier molecular flexibility index (Phi) is 9.41. The van der Waals surface area contributed by atoms with Crippen LogP contribution in [0.25, 0.3) is 0 Å². The van der Waals surface area contributed by atoms with Crippen molar-refractivity contribution in [3.8, 4) is 0 Å². The molecule has 0 radical (unpaired) electrons. The van der Waals surface area contributed by atoms with Gasteiger partial charge in [0.25, 0.3) is 0 Å². The van der Waals surface area contributed by atoms with Gasteiger partial charge in [-0.3, -0.25) is 9.59 Å². The van der Waals surface area contributed by atoms with Crippen LogP contribution < -0.4 is 0 Å². The van der Waals surface area contributed by atoms with Crippen molar-refractivity contribution in [3.63, 3.8) is 0 Å². The molecule has 2 atom stereocenters. The summed E-state index contributed by atoms with van der Waals surface area (Å²) in [4.78, 5) is 22.2. The molecule has 124 valence electrons. The minimum absolute atomic E-state index is 0. The Bertz CT molecular complexity index is 440. The summed E-state index contributed by atoms with van der Waals surface area (Å²) in [5, 5.41) is 0. The van der Waals surface area contributed by atoms with Crippen LogP contribution in [0.4, 0.5) is 0 Å². The molecule has 7 heteroatoms. The van der Waals surface area contributed by atoms with Crippen molar-refractivity contribution < 1.29 is 9.59 Å². The molecule has 0 spiro atoms. The third kappa shape index (κ3) is 5.97. The molecule has 2 saturated heterocycles. The average molecular weight is 481 g/mol. The predicted octanol–water partition coefficient (Wildman–Crippen LogP) is 4.51. The Balaban J connectivity index is 0.000000370. The number of Topliss-reactive ketones (excluding diaryl/α,β-unsaturated/α-hetero) is 2. The highest BCUT2D eigenvalue weighted by molar-refractivity contribution is 14.0. The second-order valence-electron chi connectivity index (χ2n) is 5.93. The van der Waals surface area contributed by atoms with E-state index in [0.29, 0.717) is 11.6 Å². The van der Waals surface area contributed by atoms with Crippen LogP contribution in [0.2, 0.25) is 0 Å². The lowest BCUT2D eigenvalue weighted by molar-refractivity contribution is -0.124. The SMILES string of the molecule is C=S1CC(C)(C(C)=O)CS1=C.CC(=O)C1(C)CSSC1.I. The van der Waals surface area contributed by atoms with Crippen molar-refractivity contribution in [3.05, 3.63) is 0 Å². The lowest BCUT2D eigenvalue weighted by Gasteiger charge is -2.16. The van der Waals surface area contributed by atoms with Gasteiger partial charge >= 0.3 is 0 Å². The van der Waals surface area contributed by atoms with Gasteiger partial charge in [-0.2, -0.15) is 0 Å². The molecule has 2 aliphatic rings. The molecular weight excluding hydrogens is 455 g/mol. The molecule has 0 aromatic carbocycles.